The molecule has 0 aromatic rings. The van der Waals surface area contributed by atoms with Crippen LogP contribution in [0.1, 0.15) is 40.0 Å². The molecule has 0 aromatic heterocycles. The van der Waals surface area contributed by atoms with Gasteiger partial charge in [0.1, 0.15) is 0 Å². The Morgan fingerprint density at radius 3 is 2.76 bits per heavy atom. The maximum absolute atomic E-state index is 5.86. The van der Waals surface area contributed by atoms with Crippen LogP contribution in [0.25, 0.3) is 0 Å². The second-order valence-electron chi connectivity index (χ2n) is 7.47. The molecule has 0 radical (unpaired) electrons. The Hall–Kier alpha value is -0.160. The standard InChI is InChI=1S/C17H35N3O/c1-5-16-11-20(9-8-19(16)4)13-17(12-18-15(2)3)7-6-10-21-14-17/h15-16,18H,5-14H2,1-4H3. The highest BCUT2D eigenvalue weighted by Gasteiger charge is 2.36. The molecule has 2 aliphatic rings. The van der Waals surface area contributed by atoms with Gasteiger partial charge in [0, 0.05) is 56.8 Å². The molecule has 0 amide bonds. The van der Waals surface area contributed by atoms with E-state index in [1.807, 2.05) is 0 Å². The summed E-state index contributed by atoms with van der Waals surface area (Å²) in [5, 5.41) is 3.66. The maximum Gasteiger partial charge on any atom is 0.0546 e. The topological polar surface area (TPSA) is 27.7 Å². The fraction of sp³-hybridized carbons (Fsp3) is 1.00. The molecule has 0 aliphatic carbocycles. The Labute approximate surface area is 131 Å². The molecule has 0 bridgehead atoms. The highest BCUT2D eigenvalue weighted by molar-refractivity contribution is 4.90. The molecule has 2 heterocycles. The van der Waals surface area contributed by atoms with E-state index in [0.717, 1.165) is 25.8 Å². The van der Waals surface area contributed by atoms with E-state index in [4.69, 9.17) is 4.74 Å². The summed E-state index contributed by atoms with van der Waals surface area (Å²) in [7, 11) is 2.27. The minimum atomic E-state index is 0.316. The van der Waals surface area contributed by atoms with Gasteiger partial charge in [0.25, 0.3) is 0 Å². The van der Waals surface area contributed by atoms with Crippen LogP contribution in [0.3, 0.4) is 0 Å². The molecule has 2 fully saturated rings. The van der Waals surface area contributed by atoms with Crippen molar-refractivity contribution in [1.29, 1.82) is 0 Å². The quantitative estimate of drug-likeness (QED) is 0.809. The zero-order valence-electron chi connectivity index (χ0n) is 14.5. The molecule has 2 rings (SSSR count). The summed E-state index contributed by atoms with van der Waals surface area (Å²) in [6.45, 7) is 14.6. The summed E-state index contributed by atoms with van der Waals surface area (Å²) in [5.41, 5.74) is 0.316. The summed E-state index contributed by atoms with van der Waals surface area (Å²) < 4.78 is 5.86. The first-order chi connectivity index (χ1) is 10.0. The molecule has 124 valence electrons. The van der Waals surface area contributed by atoms with Gasteiger partial charge in [0.05, 0.1) is 6.61 Å². The van der Waals surface area contributed by atoms with Crippen LogP contribution < -0.4 is 5.32 Å². The van der Waals surface area contributed by atoms with Gasteiger partial charge in [-0.1, -0.05) is 20.8 Å². The zero-order valence-corrected chi connectivity index (χ0v) is 14.5. The van der Waals surface area contributed by atoms with Crippen LogP contribution in [0.15, 0.2) is 0 Å². The number of piperazine rings is 1. The number of hydrogen-bond donors (Lipinski definition) is 1. The zero-order chi connectivity index (χ0) is 15.3. The van der Waals surface area contributed by atoms with Crippen molar-refractivity contribution < 1.29 is 4.74 Å². The molecule has 0 saturated carbocycles. The molecule has 4 heteroatoms. The van der Waals surface area contributed by atoms with E-state index in [2.05, 4.69) is 42.9 Å². The van der Waals surface area contributed by atoms with Crippen molar-refractivity contribution in [3.05, 3.63) is 0 Å². The molecule has 0 spiro atoms. The molecule has 2 atom stereocenters. The number of hydrogen-bond acceptors (Lipinski definition) is 4. The lowest BCUT2D eigenvalue weighted by molar-refractivity contribution is -0.0381. The Kier molecular flexibility index (Phi) is 6.48. The van der Waals surface area contributed by atoms with Crippen LogP contribution in [0.2, 0.25) is 0 Å². The number of nitrogens with zero attached hydrogens (tertiary/aromatic N) is 2. The summed E-state index contributed by atoms with van der Waals surface area (Å²) in [4.78, 5) is 5.21. The van der Waals surface area contributed by atoms with Gasteiger partial charge in [-0.15, -0.1) is 0 Å². The minimum Gasteiger partial charge on any atom is -0.381 e. The predicted octanol–water partition coefficient (Wildman–Crippen LogP) is 1.81. The fourth-order valence-corrected chi connectivity index (χ4v) is 3.72. The lowest BCUT2D eigenvalue weighted by atomic mass is 9.81. The van der Waals surface area contributed by atoms with E-state index in [1.54, 1.807) is 0 Å². The maximum atomic E-state index is 5.86. The summed E-state index contributed by atoms with van der Waals surface area (Å²) in [6, 6.07) is 1.28. The van der Waals surface area contributed by atoms with Crippen molar-refractivity contribution in [3.63, 3.8) is 0 Å². The SMILES string of the molecule is CCC1CN(CC2(CNC(C)C)CCCOC2)CCN1C. The molecular formula is C17H35N3O. The largest absolute Gasteiger partial charge is 0.381 e. The predicted molar refractivity (Wildman–Crippen MR) is 88.8 cm³/mol. The van der Waals surface area contributed by atoms with Crippen LogP contribution >= 0.6 is 0 Å². The molecule has 1 N–H and O–H groups in total. The second kappa shape index (κ2) is 7.91. The Morgan fingerprint density at radius 2 is 2.14 bits per heavy atom. The van der Waals surface area contributed by atoms with Crippen LogP contribution in [-0.4, -0.2) is 74.9 Å². The number of likely N-dealkylation sites (N-methyl/N-ethyl adjacent to an activating group) is 1. The van der Waals surface area contributed by atoms with Gasteiger partial charge < -0.3 is 15.0 Å². The number of ether oxygens (including phenoxy) is 1. The highest BCUT2D eigenvalue weighted by Crippen LogP contribution is 2.30. The van der Waals surface area contributed by atoms with Crippen molar-refractivity contribution in [3.8, 4) is 0 Å². The monoisotopic (exact) mass is 297 g/mol. The molecule has 2 unspecified atom stereocenters. The van der Waals surface area contributed by atoms with E-state index in [0.29, 0.717) is 11.5 Å². The summed E-state index contributed by atoms with van der Waals surface area (Å²) in [5.74, 6) is 0. The molecule has 0 aromatic carbocycles. The second-order valence-corrected chi connectivity index (χ2v) is 7.47. The van der Waals surface area contributed by atoms with Crippen molar-refractivity contribution >= 4 is 0 Å². The van der Waals surface area contributed by atoms with Gasteiger partial charge in [-0.25, -0.2) is 0 Å². The fourth-order valence-electron chi connectivity index (χ4n) is 3.72. The van der Waals surface area contributed by atoms with Crippen LogP contribution in [0, 0.1) is 5.41 Å². The Bertz CT molecular complexity index is 302. The van der Waals surface area contributed by atoms with Gasteiger partial charge in [-0.05, 0) is 26.3 Å². The summed E-state index contributed by atoms with van der Waals surface area (Å²) in [6.07, 6.45) is 3.77. The van der Waals surface area contributed by atoms with Crippen molar-refractivity contribution in [2.75, 3.05) is 53.0 Å². The average molecular weight is 297 g/mol. The van der Waals surface area contributed by atoms with Gasteiger partial charge in [0.15, 0.2) is 0 Å². The van der Waals surface area contributed by atoms with E-state index >= 15 is 0 Å². The molecule has 2 saturated heterocycles. The molecule has 2 aliphatic heterocycles. The smallest absolute Gasteiger partial charge is 0.0546 e. The van der Waals surface area contributed by atoms with Crippen molar-refractivity contribution in [2.45, 2.75) is 52.1 Å². The van der Waals surface area contributed by atoms with Crippen LogP contribution in [0.5, 0.6) is 0 Å². The Morgan fingerprint density at radius 1 is 1.33 bits per heavy atom. The van der Waals surface area contributed by atoms with E-state index < -0.39 is 0 Å². The van der Waals surface area contributed by atoms with Gasteiger partial charge >= 0.3 is 0 Å². The minimum absolute atomic E-state index is 0.316. The summed E-state index contributed by atoms with van der Waals surface area (Å²) >= 11 is 0. The number of rotatable bonds is 6. The van der Waals surface area contributed by atoms with E-state index in [-0.39, 0.29) is 0 Å². The lowest BCUT2D eigenvalue weighted by Crippen LogP contribution is -2.56. The third-order valence-electron chi connectivity index (χ3n) is 5.18. The third kappa shape index (κ3) is 4.92. The normalized spacial score (nSPS) is 32.7. The average Bonchev–Trinajstić information content (AvgIpc) is 2.48. The first kappa shape index (κ1) is 17.2. The first-order valence-electron chi connectivity index (χ1n) is 8.78. The third-order valence-corrected chi connectivity index (χ3v) is 5.18. The van der Waals surface area contributed by atoms with Crippen molar-refractivity contribution in [2.24, 2.45) is 5.41 Å². The first-order valence-corrected chi connectivity index (χ1v) is 8.78. The lowest BCUT2D eigenvalue weighted by Gasteiger charge is -2.46. The van der Waals surface area contributed by atoms with Gasteiger partial charge in [0.2, 0.25) is 0 Å². The van der Waals surface area contributed by atoms with Crippen molar-refractivity contribution in [1.82, 2.24) is 15.1 Å². The van der Waals surface area contributed by atoms with Gasteiger partial charge in [-0.2, -0.15) is 0 Å². The van der Waals surface area contributed by atoms with Gasteiger partial charge in [-0.3, -0.25) is 4.90 Å². The van der Waals surface area contributed by atoms with E-state index in [9.17, 15) is 0 Å². The highest BCUT2D eigenvalue weighted by atomic mass is 16.5. The number of nitrogens with one attached hydrogen (secondary N) is 1. The molecule has 4 nitrogen and oxygen atoms in total. The Balaban J connectivity index is 1.94. The molecule has 21 heavy (non-hydrogen) atoms. The van der Waals surface area contributed by atoms with E-state index in [1.165, 1.54) is 45.4 Å². The van der Waals surface area contributed by atoms with Crippen LogP contribution in [0.4, 0.5) is 0 Å². The molecular weight excluding hydrogens is 262 g/mol. The van der Waals surface area contributed by atoms with Crippen LogP contribution in [-0.2, 0) is 4.74 Å².